The van der Waals surface area contributed by atoms with Crippen LogP contribution in [0.1, 0.15) is 45.1 Å². The van der Waals surface area contributed by atoms with E-state index in [0.29, 0.717) is 50.4 Å². The van der Waals surface area contributed by atoms with Crippen LogP contribution in [-0.2, 0) is 25.5 Å². The Labute approximate surface area is 142 Å². The molecule has 0 spiro atoms. The SMILES string of the molecule is CCOC(=O)CCCCOc1ccc(O)c(CCC(=O)OCC)c1. The lowest BCUT2D eigenvalue weighted by molar-refractivity contribution is -0.144. The minimum absolute atomic E-state index is 0.133. The summed E-state index contributed by atoms with van der Waals surface area (Å²) in [6, 6.07) is 4.95. The zero-order valence-electron chi connectivity index (χ0n) is 14.4. The van der Waals surface area contributed by atoms with Gasteiger partial charge < -0.3 is 19.3 Å². The molecule has 0 atom stereocenters. The van der Waals surface area contributed by atoms with Gasteiger partial charge in [0.2, 0.25) is 0 Å². The molecule has 0 bridgehead atoms. The highest BCUT2D eigenvalue weighted by molar-refractivity contribution is 5.70. The van der Waals surface area contributed by atoms with Crippen molar-refractivity contribution < 1.29 is 28.9 Å². The number of carbonyl (C=O) groups excluding carboxylic acids is 2. The summed E-state index contributed by atoms with van der Waals surface area (Å²) in [4.78, 5) is 22.6. The minimum atomic E-state index is -0.290. The van der Waals surface area contributed by atoms with E-state index in [-0.39, 0.29) is 24.1 Å². The highest BCUT2D eigenvalue weighted by Gasteiger charge is 2.08. The molecule has 134 valence electrons. The van der Waals surface area contributed by atoms with E-state index in [1.165, 1.54) is 0 Å². The van der Waals surface area contributed by atoms with Crippen molar-refractivity contribution >= 4 is 11.9 Å². The first-order valence-electron chi connectivity index (χ1n) is 8.32. The van der Waals surface area contributed by atoms with E-state index >= 15 is 0 Å². The number of aromatic hydroxyl groups is 1. The third kappa shape index (κ3) is 7.85. The molecule has 0 radical (unpaired) electrons. The van der Waals surface area contributed by atoms with Crippen molar-refractivity contribution in [3.8, 4) is 11.5 Å². The number of benzene rings is 1. The number of phenolic OH excluding ortho intramolecular Hbond substituents is 1. The molecule has 6 nitrogen and oxygen atoms in total. The molecule has 0 aromatic heterocycles. The Bertz CT molecular complexity index is 526. The quantitative estimate of drug-likeness (QED) is 0.493. The number of ether oxygens (including phenoxy) is 3. The van der Waals surface area contributed by atoms with E-state index < -0.39 is 0 Å². The Balaban J connectivity index is 2.37. The largest absolute Gasteiger partial charge is 0.508 e. The van der Waals surface area contributed by atoms with E-state index in [2.05, 4.69) is 0 Å². The van der Waals surface area contributed by atoms with Crippen LogP contribution < -0.4 is 4.74 Å². The van der Waals surface area contributed by atoms with Gasteiger partial charge in [0.15, 0.2) is 0 Å². The fourth-order valence-corrected chi connectivity index (χ4v) is 2.12. The van der Waals surface area contributed by atoms with Crippen molar-refractivity contribution in [1.29, 1.82) is 0 Å². The summed E-state index contributed by atoms with van der Waals surface area (Å²) in [5.74, 6) is 0.280. The molecule has 1 aromatic rings. The third-order valence-corrected chi connectivity index (χ3v) is 3.30. The van der Waals surface area contributed by atoms with Gasteiger partial charge in [-0.05, 0) is 56.9 Å². The number of carbonyl (C=O) groups is 2. The molecule has 1 N–H and O–H groups in total. The van der Waals surface area contributed by atoms with E-state index in [1.54, 1.807) is 32.0 Å². The van der Waals surface area contributed by atoms with Crippen LogP contribution in [0.4, 0.5) is 0 Å². The van der Waals surface area contributed by atoms with Crippen LogP contribution in [0.3, 0.4) is 0 Å². The van der Waals surface area contributed by atoms with Crippen LogP contribution in [0, 0.1) is 0 Å². The fraction of sp³-hybridized carbons (Fsp3) is 0.556. The van der Waals surface area contributed by atoms with Gasteiger partial charge in [-0.25, -0.2) is 0 Å². The van der Waals surface area contributed by atoms with Crippen LogP contribution in [0.25, 0.3) is 0 Å². The smallest absolute Gasteiger partial charge is 0.306 e. The van der Waals surface area contributed by atoms with Crippen LogP contribution in [0.5, 0.6) is 11.5 Å². The summed E-state index contributed by atoms with van der Waals surface area (Å²) in [5.41, 5.74) is 0.645. The summed E-state index contributed by atoms with van der Waals surface area (Å²) in [6.07, 6.45) is 2.43. The van der Waals surface area contributed by atoms with Crippen molar-refractivity contribution in [2.24, 2.45) is 0 Å². The first-order valence-corrected chi connectivity index (χ1v) is 8.32. The molecule has 0 aliphatic carbocycles. The predicted molar refractivity (Wildman–Crippen MR) is 89.0 cm³/mol. The third-order valence-electron chi connectivity index (χ3n) is 3.30. The van der Waals surface area contributed by atoms with Crippen molar-refractivity contribution in [3.63, 3.8) is 0 Å². The molecule has 0 aliphatic heterocycles. The monoisotopic (exact) mass is 338 g/mol. The number of phenols is 1. The number of unbranched alkanes of at least 4 members (excludes halogenated alkanes) is 1. The second kappa shape index (κ2) is 11.3. The lowest BCUT2D eigenvalue weighted by Crippen LogP contribution is -2.06. The Hall–Kier alpha value is -2.24. The molecule has 24 heavy (non-hydrogen) atoms. The second-order valence-corrected chi connectivity index (χ2v) is 5.21. The molecular formula is C18H26O6. The van der Waals surface area contributed by atoms with E-state index in [9.17, 15) is 14.7 Å². The van der Waals surface area contributed by atoms with Gasteiger partial charge in [0.05, 0.1) is 19.8 Å². The minimum Gasteiger partial charge on any atom is -0.508 e. The molecule has 0 saturated carbocycles. The van der Waals surface area contributed by atoms with Crippen LogP contribution in [0.2, 0.25) is 0 Å². The van der Waals surface area contributed by atoms with Crippen LogP contribution in [-0.4, -0.2) is 36.9 Å². The number of hydrogen-bond acceptors (Lipinski definition) is 6. The van der Waals surface area contributed by atoms with Gasteiger partial charge in [0.25, 0.3) is 0 Å². The number of hydrogen-bond donors (Lipinski definition) is 1. The maximum Gasteiger partial charge on any atom is 0.306 e. The molecule has 6 heteroatoms. The zero-order chi connectivity index (χ0) is 17.8. The Morgan fingerprint density at radius 3 is 2.33 bits per heavy atom. The molecule has 0 unspecified atom stereocenters. The maximum atomic E-state index is 11.4. The molecular weight excluding hydrogens is 312 g/mol. The molecule has 1 rings (SSSR count). The van der Waals surface area contributed by atoms with Gasteiger partial charge in [0, 0.05) is 12.8 Å². The highest BCUT2D eigenvalue weighted by Crippen LogP contribution is 2.24. The first kappa shape index (κ1) is 19.8. The van der Waals surface area contributed by atoms with Crippen LogP contribution >= 0.6 is 0 Å². The Kier molecular flexibility index (Phi) is 9.34. The fourth-order valence-electron chi connectivity index (χ4n) is 2.12. The number of aryl methyl sites for hydroxylation is 1. The molecule has 0 aliphatic rings. The van der Waals surface area contributed by atoms with Gasteiger partial charge in [-0.3, -0.25) is 9.59 Å². The summed E-state index contributed by atoms with van der Waals surface area (Å²) in [5, 5.41) is 9.84. The van der Waals surface area contributed by atoms with Gasteiger partial charge >= 0.3 is 11.9 Å². The second-order valence-electron chi connectivity index (χ2n) is 5.21. The summed E-state index contributed by atoms with van der Waals surface area (Å²) >= 11 is 0. The Morgan fingerprint density at radius 2 is 1.67 bits per heavy atom. The normalized spacial score (nSPS) is 10.2. The summed E-state index contributed by atoms with van der Waals surface area (Å²) < 4.78 is 15.3. The average molecular weight is 338 g/mol. The highest BCUT2D eigenvalue weighted by atomic mass is 16.5. The molecule has 0 heterocycles. The Morgan fingerprint density at radius 1 is 1.00 bits per heavy atom. The lowest BCUT2D eigenvalue weighted by atomic mass is 10.1. The van der Waals surface area contributed by atoms with Gasteiger partial charge in [-0.2, -0.15) is 0 Å². The van der Waals surface area contributed by atoms with Crippen molar-refractivity contribution in [1.82, 2.24) is 0 Å². The predicted octanol–water partition coefficient (Wildman–Crippen LogP) is 3.00. The van der Waals surface area contributed by atoms with Gasteiger partial charge in [-0.1, -0.05) is 0 Å². The maximum absolute atomic E-state index is 11.4. The van der Waals surface area contributed by atoms with E-state index in [0.717, 1.165) is 6.42 Å². The van der Waals surface area contributed by atoms with Crippen molar-refractivity contribution in [3.05, 3.63) is 23.8 Å². The standard InChI is InChI=1S/C18H26O6/c1-3-22-17(20)7-5-6-12-24-15-9-10-16(19)14(13-15)8-11-18(21)23-4-2/h9-10,13,19H,3-8,11-12H2,1-2H3. The number of esters is 2. The van der Waals surface area contributed by atoms with Gasteiger partial charge in [0.1, 0.15) is 11.5 Å². The molecule has 0 saturated heterocycles. The van der Waals surface area contributed by atoms with Crippen molar-refractivity contribution in [2.75, 3.05) is 19.8 Å². The summed E-state index contributed by atoms with van der Waals surface area (Å²) in [7, 11) is 0. The van der Waals surface area contributed by atoms with E-state index in [4.69, 9.17) is 14.2 Å². The number of rotatable bonds is 11. The van der Waals surface area contributed by atoms with Crippen molar-refractivity contribution in [2.45, 2.75) is 46.0 Å². The topological polar surface area (TPSA) is 82.1 Å². The molecule has 0 amide bonds. The van der Waals surface area contributed by atoms with Crippen LogP contribution in [0.15, 0.2) is 18.2 Å². The molecule has 1 aromatic carbocycles. The van der Waals surface area contributed by atoms with Gasteiger partial charge in [-0.15, -0.1) is 0 Å². The average Bonchev–Trinajstić information content (AvgIpc) is 2.55. The first-order chi connectivity index (χ1) is 11.6. The van der Waals surface area contributed by atoms with E-state index in [1.807, 2.05) is 0 Å². The zero-order valence-corrected chi connectivity index (χ0v) is 14.4. The summed E-state index contributed by atoms with van der Waals surface area (Å²) in [6.45, 7) is 4.76. The lowest BCUT2D eigenvalue weighted by Gasteiger charge is -2.10. The molecule has 0 fully saturated rings.